The zero-order chi connectivity index (χ0) is 13.3. The number of hydrogen-bond acceptors (Lipinski definition) is 4. The lowest BCUT2D eigenvalue weighted by Gasteiger charge is -2.14. The average molecular weight is 266 g/mol. The molecule has 1 aromatic heterocycles. The van der Waals surface area contributed by atoms with Crippen LogP contribution in [0.3, 0.4) is 0 Å². The smallest absolute Gasteiger partial charge is 0.139 e. The molecule has 0 atom stereocenters. The third kappa shape index (κ3) is 1.98. The second kappa shape index (κ2) is 5.00. The Labute approximate surface area is 111 Å². The van der Waals surface area contributed by atoms with Crippen LogP contribution in [-0.2, 0) is 6.42 Å². The lowest BCUT2D eigenvalue weighted by Crippen LogP contribution is -2.11. The van der Waals surface area contributed by atoms with E-state index in [2.05, 4.69) is 17.3 Å². The van der Waals surface area contributed by atoms with Gasteiger partial charge in [0.05, 0.1) is 23.3 Å². The third-order valence-corrected chi connectivity index (χ3v) is 3.36. The fraction of sp³-hybridized carbons (Fsp3) is 0.308. The van der Waals surface area contributed by atoms with Crippen LogP contribution in [-0.4, -0.2) is 12.1 Å². The zero-order valence-electron chi connectivity index (χ0n) is 10.7. The number of fused-ring (bicyclic) bond motifs is 1. The van der Waals surface area contributed by atoms with Crippen molar-refractivity contribution in [3.05, 3.63) is 28.4 Å². The Balaban J connectivity index is 2.84. The number of halogens is 1. The zero-order valence-corrected chi connectivity index (χ0v) is 11.4. The highest BCUT2D eigenvalue weighted by Crippen LogP contribution is 2.35. The van der Waals surface area contributed by atoms with Crippen molar-refractivity contribution in [1.29, 1.82) is 0 Å². The third-order valence-electron chi connectivity index (χ3n) is 3.06. The Kier molecular flexibility index (Phi) is 3.59. The first-order valence-electron chi connectivity index (χ1n) is 5.75. The van der Waals surface area contributed by atoms with Crippen molar-refractivity contribution in [1.82, 2.24) is 4.98 Å². The molecular formula is C13H16ClN3O. The second-order valence-electron chi connectivity index (χ2n) is 4.05. The number of aromatic nitrogens is 1. The highest BCUT2D eigenvalue weighted by atomic mass is 35.5. The monoisotopic (exact) mass is 265 g/mol. The molecule has 2 aromatic rings. The Morgan fingerprint density at radius 3 is 2.72 bits per heavy atom. The number of methoxy groups -OCH3 is 1. The van der Waals surface area contributed by atoms with Crippen LogP contribution < -0.4 is 16.0 Å². The summed E-state index contributed by atoms with van der Waals surface area (Å²) in [5.74, 6) is 6.24. The molecule has 0 aliphatic heterocycles. The molecule has 0 amide bonds. The average Bonchev–Trinajstić information content (AvgIpc) is 2.37. The van der Waals surface area contributed by atoms with Crippen LogP contribution in [0, 0.1) is 6.92 Å². The van der Waals surface area contributed by atoms with Gasteiger partial charge in [-0.1, -0.05) is 18.5 Å². The lowest BCUT2D eigenvalue weighted by atomic mass is 10.0. The lowest BCUT2D eigenvalue weighted by molar-refractivity contribution is 0.415. The number of nitrogen functional groups attached to an aromatic ring is 1. The number of hydrazine groups is 1. The summed E-state index contributed by atoms with van der Waals surface area (Å²) in [6.45, 7) is 4.04. The second-order valence-corrected chi connectivity index (χ2v) is 4.46. The highest BCUT2D eigenvalue weighted by molar-refractivity contribution is 6.33. The molecular weight excluding hydrogens is 250 g/mol. The molecule has 2 rings (SSSR count). The summed E-state index contributed by atoms with van der Waals surface area (Å²) in [5.41, 5.74) is 6.52. The molecule has 0 bridgehead atoms. The fourth-order valence-corrected chi connectivity index (χ4v) is 2.42. The van der Waals surface area contributed by atoms with Gasteiger partial charge in [0, 0.05) is 17.1 Å². The molecule has 0 saturated heterocycles. The summed E-state index contributed by atoms with van der Waals surface area (Å²) in [5, 5.41) is 1.46. The van der Waals surface area contributed by atoms with Crippen molar-refractivity contribution >= 4 is 28.2 Å². The van der Waals surface area contributed by atoms with E-state index in [1.807, 2.05) is 19.1 Å². The predicted molar refractivity (Wildman–Crippen MR) is 75.2 cm³/mol. The Morgan fingerprint density at radius 2 is 2.17 bits per heavy atom. The van der Waals surface area contributed by atoms with E-state index in [-0.39, 0.29) is 0 Å². The fourth-order valence-electron chi connectivity index (χ4n) is 2.18. The first-order chi connectivity index (χ1) is 8.62. The normalized spacial score (nSPS) is 10.7. The molecule has 1 heterocycles. The van der Waals surface area contributed by atoms with Crippen LogP contribution in [0.4, 0.5) is 5.69 Å². The molecule has 18 heavy (non-hydrogen) atoms. The molecule has 3 N–H and O–H groups in total. The standard InChI is InChI=1S/C13H16ClN3O/c1-4-8-7(2)16-11-6-12(18-3)10(14)5-9(11)13(8)17-15/h5-6H,4,15H2,1-3H3,(H,16,17). The van der Waals surface area contributed by atoms with E-state index in [0.717, 1.165) is 34.3 Å². The quantitative estimate of drug-likeness (QED) is 0.661. The number of nitrogens with zero attached hydrogens (tertiary/aromatic N) is 1. The maximum absolute atomic E-state index is 6.15. The Bertz CT molecular complexity index is 599. The summed E-state index contributed by atoms with van der Waals surface area (Å²) in [6.07, 6.45) is 0.859. The molecule has 0 aliphatic carbocycles. The van der Waals surface area contributed by atoms with Crippen molar-refractivity contribution < 1.29 is 4.74 Å². The Morgan fingerprint density at radius 1 is 1.44 bits per heavy atom. The number of anilines is 1. The van der Waals surface area contributed by atoms with Gasteiger partial charge in [-0.3, -0.25) is 10.8 Å². The van der Waals surface area contributed by atoms with Gasteiger partial charge in [-0.2, -0.15) is 0 Å². The van der Waals surface area contributed by atoms with Gasteiger partial charge in [0.15, 0.2) is 0 Å². The molecule has 96 valence electrons. The van der Waals surface area contributed by atoms with E-state index in [9.17, 15) is 0 Å². The van der Waals surface area contributed by atoms with Crippen LogP contribution >= 0.6 is 11.6 Å². The van der Waals surface area contributed by atoms with E-state index in [1.165, 1.54) is 0 Å². The van der Waals surface area contributed by atoms with Crippen LogP contribution in [0.25, 0.3) is 10.9 Å². The number of hydrogen-bond donors (Lipinski definition) is 2. The van der Waals surface area contributed by atoms with Gasteiger partial charge in [0.2, 0.25) is 0 Å². The number of pyridine rings is 1. The van der Waals surface area contributed by atoms with Crippen molar-refractivity contribution in [2.75, 3.05) is 12.5 Å². The maximum atomic E-state index is 6.15. The minimum atomic E-state index is 0.550. The largest absolute Gasteiger partial charge is 0.495 e. The molecule has 0 aliphatic rings. The van der Waals surface area contributed by atoms with Crippen LogP contribution in [0.5, 0.6) is 5.75 Å². The van der Waals surface area contributed by atoms with Crippen molar-refractivity contribution in [2.24, 2.45) is 5.84 Å². The Hall–Kier alpha value is -1.52. The topological polar surface area (TPSA) is 60.2 Å². The van der Waals surface area contributed by atoms with E-state index in [4.69, 9.17) is 22.2 Å². The van der Waals surface area contributed by atoms with Gasteiger partial charge in [-0.05, 0) is 25.0 Å². The van der Waals surface area contributed by atoms with Crippen molar-refractivity contribution in [3.8, 4) is 5.75 Å². The number of benzene rings is 1. The first kappa shape index (κ1) is 12.9. The molecule has 0 unspecified atom stereocenters. The van der Waals surface area contributed by atoms with Crippen molar-refractivity contribution in [2.45, 2.75) is 20.3 Å². The van der Waals surface area contributed by atoms with Gasteiger partial charge < -0.3 is 10.2 Å². The number of rotatable bonds is 3. The van der Waals surface area contributed by atoms with E-state index >= 15 is 0 Å². The van der Waals surface area contributed by atoms with E-state index in [1.54, 1.807) is 7.11 Å². The number of aryl methyl sites for hydroxylation is 1. The van der Waals surface area contributed by atoms with Gasteiger partial charge in [0.1, 0.15) is 5.75 Å². The van der Waals surface area contributed by atoms with Gasteiger partial charge in [-0.25, -0.2) is 0 Å². The van der Waals surface area contributed by atoms with Crippen molar-refractivity contribution in [3.63, 3.8) is 0 Å². The van der Waals surface area contributed by atoms with E-state index in [0.29, 0.717) is 10.8 Å². The first-order valence-corrected chi connectivity index (χ1v) is 6.13. The maximum Gasteiger partial charge on any atom is 0.139 e. The summed E-state index contributed by atoms with van der Waals surface area (Å²) < 4.78 is 5.20. The molecule has 0 spiro atoms. The van der Waals surface area contributed by atoms with Crippen LogP contribution in [0.15, 0.2) is 12.1 Å². The minimum absolute atomic E-state index is 0.550. The molecule has 5 heteroatoms. The summed E-state index contributed by atoms with van der Waals surface area (Å²) in [7, 11) is 1.59. The summed E-state index contributed by atoms with van der Waals surface area (Å²) >= 11 is 6.15. The van der Waals surface area contributed by atoms with Gasteiger partial charge in [0.25, 0.3) is 0 Å². The molecule has 0 saturated carbocycles. The predicted octanol–water partition coefficient (Wildman–Crippen LogP) is 3.05. The summed E-state index contributed by atoms with van der Waals surface area (Å²) in [4.78, 5) is 4.57. The van der Waals surface area contributed by atoms with E-state index < -0.39 is 0 Å². The minimum Gasteiger partial charge on any atom is -0.495 e. The number of nitrogens with two attached hydrogens (primary N) is 1. The van der Waals surface area contributed by atoms with Crippen LogP contribution in [0.2, 0.25) is 5.02 Å². The van der Waals surface area contributed by atoms with Gasteiger partial charge >= 0.3 is 0 Å². The highest BCUT2D eigenvalue weighted by Gasteiger charge is 2.13. The number of ether oxygens (including phenoxy) is 1. The van der Waals surface area contributed by atoms with Crippen LogP contribution in [0.1, 0.15) is 18.2 Å². The molecule has 4 nitrogen and oxygen atoms in total. The SMILES string of the molecule is CCc1c(C)nc2cc(OC)c(Cl)cc2c1NN. The molecule has 0 radical (unpaired) electrons. The molecule has 0 fully saturated rings. The summed E-state index contributed by atoms with van der Waals surface area (Å²) in [6, 6.07) is 3.65. The molecule has 1 aromatic carbocycles. The van der Waals surface area contributed by atoms with Gasteiger partial charge in [-0.15, -0.1) is 0 Å². The number of nitrogens with one attached hydrogen (secondary N) is 1.